The van der Waals surface area contributed by atoms with Crippen molar-refractivity contribution in [1.29, 1.82) is 0 Å². The molecule has 49 heavy (non-hydrogen) atoms. The summed E-state index contributed by atoms with van der Waals surface area (Å²) in [6.07, 6.45) is 30.5. The third-order valence-corrected chi connectivity index (χ3v) is 16.2. The Balaban J connectivity index is 1.24. The Morgan fingerprint density at radius 1 is 0.714 bits per heavy atom. The third-order valence-electron chi connectivity index (χ3n) is 16.2. The van der Waals surface area contributed by atoms with Gasteiger partial charge in [0.1, 0.15) is 6.10 Å². The molecule has 0 saturated heterocycles. The molecule has 0 radical (unpaired) electrons. The molecule has 0 bridgehead atoms. The smallest absolute Gasteiger partial charge is 0.306 e. The van der Waals surface area contributed by atoms with E-state index in [4.69, 9.17) is 4.74 Å². The van der Waals surface area contributed by atoms with Crippen molar-refractivity contribution in [3.05, 3.63) is 12.2 Å². The van der Waals surface area contributed by atoms with Gasteiger partial charge in [-0.25, -0.2) is 0 Å². The van der Waals surface area contributed by atoms with Gasteiger partial charge in [0.2, 0.25) is 0 Å². The number of ether oxygens (including phenoxy) is 1. The van der Waals surface area contributed by atoms with E-state index in [-0.39, 0.29) is 28.3 Å². The molecule has 0 spiro atoms. The van der Waals surface area contributed by atoms with E-state index in [1.54, 1.807) is 0 Å². The number of rotatable bonds is 20. The van der Waals surface area contributed by atoms with Crippen LogP contribution >= 0.6 is 0 Å². The molecule has 0 aromatic rings. The second kappa shape index (κ2) is 17.3. The molecule has 4 fully saturated rings. The minimum atomic E-state index is -0.604. The molecule has 0 aromatic carbocycles. The molecule has 3 heteroatoms. The largest absolute Gasteiger partial charge is 0.462 e. The topological polar surface area (TPSA) is 46.5 Å². The van der Waals surface area contributed by atoms with Crippen LogP contribution in [-0.2, 0) is 9.53 Å². The Hall–Kier alpha value is -0.830. The van der Waals surface area contributed by atoms with Crippen LogP contribution in [-0.4, -0.2) is 22.8 Å². The Morgan fingerprint density at radius 2 is 1.29 bits per heavy atom. The summed E-state index contributed by atoms with van der Waals surface area (Å²) in [7, 11) is 0. The van der Waals surface area contributed by atoms with Crippen molar-refractivity contribution in [3.63, 3.8) is 0 Å². The molecular weight excluding hydrogens is 601 g/mol. The number of carbonyl (C=O) groups is 1. The van der Waals surface area contributed by atoms with Crippen LogP contribution in [0.4, 0.5) is 0 Å². The molecule has 4 saturated carbocycles. The van der Waals surface area contributed by atoms with E-state index in [2.05, 4.69) is 62.0 Å². The quantitative estimate of drug-likeness (QED) is 0.0790. The van der Waals surface area contributed by atoms with Gasteiger partial charge < -0.3 is 9.84 Å². The predicted octanol–water partition coefficient (Wildman–Crippen LogP) is 13.6. The monoisotopic (exact) mass is 683 g/mol. The van der Waals surface area contributed by atoms with Crippen molar-refractivity contribution in [2.75, 3.05) is 0 Å². The second-order valence-corrected chi connectivity index (χ2v) is 19.8. The molecule has 4 aliphatic carbocycles. The van der Waals surface area contributed by atoms with Gasteiger partial charge in [0.25, 0.3) is 0 Å². The lowest BCUT2D eigenvalue weighted by Crippen LogP contribution is -2.62. The van der Waals surface area contributed by atoms with E-state index in [1.807, 2.05) is 0 Å². The lowest BCUT2D eigenvalue weighted by Gasteiger charge is -2.67. The first-order chi connectivity index (χ1) is 23.1. The van der Waals surface area contributed by atoms with Gasteiger partial charge in [0, 0.05) is 11.8 Å². The number of fused-ring (bicyclic) bond motifs is 5. The summed E-state index contributed by atoms with van der Waals surface area (Å²) in [5.41, 5.74) is 1.42. The minimum absolute atomic E-state index is 0.0104. The minimum Gasteiger partial charge on any atom is -0.462 e. The zero-order valence-corrected chi connectivity index (χ0v) is 34.0. The molecule has 1 N–H and O–H groups in total. The Bertz CT molecular complexity index is 1060. The molecule has 0 unspecified atom stereocenters. The normalized spacial score (nSPS) is 36.3. The Labute approximate surface area is 305 Å². The van der Waals surface area contributed by atoms with Crippen molar-refractivity contribution in [2.24, 2.45) is 45.3 Å². The molecule has 4 aliphatic rings. The maximum Gasteiger partial charge on any atom is 0.306 e. The first-order valence-corrected chi connectivity index (χ1v) is 21.7. The third kappa shape index (κ3) is 9.04. The van der Waals surface area contributed by atoms with Gasteiger partial charge in [-0.1, -0.05) is 124 Å². The zero-order valence-electron chi connectivity index (χ0n) is 34.0. The fourth-order valence-corrected chi connectivity index (χ4v) is 13.1. The van der Waals surface area contributed by atoms with Crippen LogP contribution in [0.15, 0.2) is 12.2 Å². The molecule has 9 atom stereocenters. The molecule has 3 nitrogen and oxygen atoms in total. The molecule has 0 aliphatic heterocycles. The van der Waals surface area contributed by atoms with Crippen LogP contribution in [0.3, 0.4) is 0 Å². The molecule has 284 valence electrons. The fourth-order valence-electron chi connectivity index (χ4n) is 13.1. The van der Waals surface area contributed by atoms with E-state index < -0.39 is 5.60 Å². The summed E-state index contributed by atoms with van der Waals surface area (Å²) in [6, 6.07) is 0. The lowest BCUT2D eigenvalue weighted by molar-refractivity contribution is -0.215. The van der Waals surface area contributed by atoms with Crippen molar-refractivity contribution < 1.29 is 14.6 Å². The van der Waals surface area contributed by atoms with E-state index in [1.165, 1.54) is 121 Å². The van der Waals surface area contributed by atoms with Gasteiger partial charge in [0.15, 0.2) is 0 Å². The molecule has 0 heterocycles. The number of carbonyl (C=O) groups excluding carboxylic acids is 1. The lowest BCUT2D eigenvalue weighted by atomic mass is 9.38. The highest BCUT2D eigenvalue weighted by molar-refractivity contribution is 5.69. The number of allylic oxidation sites excluding steroid dienone is 1. The first-order valence-electron chi connectivity index (χ1n) is 21.7. The highest BCUT2D eigenvalue weighted by Crippen LogP contribution is 2.75. The number of hydrogen-bond acceptors (Lipinski definition) is 3. The van der Waals surface area contributed by atoms with Crippen molar-refractivity contribution in [2.45, 2.75) is 228 Å². The SMILES string of the molecule is C=C(C)CCC[C@@](C)(O)[C@H]1CC[C@@]2(C)[C@@H]3CC[C@H]4C(C)(C)[C@@H](OC(=O)CCCCCCCCCCCCCCC)CC[C@]4(C)[C@H]3CC[C@]12C. The van der Waals surface area contributed by atoms with Gasteiger partial charge in [0.05, 0.1) is 5.60 Å². The number of esters is 1. The van der Waals surface area contributed by atoms with Crippen LogP contribution in [0.25, 0.3) is 0 Å². The molecular formula is C46H82O3. The molecule has 4 rings (SSSR count). The van der Waals surface area contributed by atoms with Crippen LogP contribution in [0.1, 0.15) is 216 Å². The van der Waals surface area contributed by atoms with Crippen LogP contribution in [0.5, 0.6) is 0 Å². The van der Waals surface area contributed by atoms with Crippen molar-refractivity contribution >= 4 is 5.97 Å². The fraction of sp³-hybridized carbons (Fsp3) is 0.935. The summed E-state index contributed by atoms with van der Waals surface area (Å²) in [5, 5.41) is 11.9. The average Bonchev–Trinajstić information content (AvgIpc) is 3.32. The van der Waals surface area contributed by atoms with Gasteiger partial charge in [-0.15, -0.1) is 6.58 Å². The first kappa shape index (κ1) is 40.9. The summed E-state index contributed by atoms with van der Waals surface area (Å²) in [4.78, 5) is 13.1. The van der Waals surface area contributed by atoms with E-state index in [0.717, 1.165) is 50.4 Å². The van der Waals surface area contributed by atoms with Gasteiger partial charge >= 0.3 is 5.97 Å². The van der Waals surface area contributed by atoms with E-state index in [0.29, 0.717) is 23.7 Å². The van der Waals surface area contributed by atoms with Crippen LogP contribution in [0.2, 0.25) is 0 Å². The molecule has 0 aromatic heterocycles. The number of unbranched alkanes of at least 4 members (excludes halogenated alkanes) is 12. The van der Waals surface area contributed by atoms with Crippen molar-refractivity contribution in [3.8, 4) is 0 Å². The zero-order chi connectivity index (χ0) is 35.9. The van der Waals surface area contributed by atoms with Crippen LogP contribution in [0, 0.1) is 45.3 Å². The van der Waals surface area contributed by atoms with Crippen LogP contribution < -0.4 is 0 Å². The van der Waals surface area contributed by atoms with E-state index in [9.17, 15) is 9.90 Å². The maximum atomic E-state index is 13.1. The Kier molecular flexibility index (Phi) is 14.5. The Morgan fingerprint density at radius 3 is 1.88 bits per heavy atom. The summed E-state index contributed by atoms with van der Waals surface area (Å²) >= 11 is 0. The highest BCUT2D eigenvalue weighted by Gasteiger charge is 2.69. The van der Waals surface area contributed by atoms with Gasteiger partial charge in [-0.2, -0.15) is 0 Å². The average molecular weight is 683 g/mol. The second-order valence-electron chi connectivity index (χ2n) is 19.8. The summed E-state index contributed by atoms with van der Waals surface area (Å²) < 4.78 is 6.38. The standard InChI is InChI=1S/C46H82O3/c1-10-11-12-13-14-15-16-17-18-19-20-21-22-25-41(47)49-40-30-32-43(6)36-28-33-45(8)39(46(9,48)31-23-24-35(2)3)29-34-44(45,7)37(36)26-27-38(43)42(40,4)5/h36-40,48H,2,10-34H2,1,3-9H3/t36-,37+,38-,39-,40-,43+,44-,45+,46+/m0/s1. The highest BCUT2D eigenvalue weighted by atomic mass is 16.5. The summed E-state index contributed by atoms with van der Waals surface area (Å²) in [5.74, 6) is 2.49. The van der Waals surface area contributed by atoms with Gasteiger partial charge in [-0.05, 0) is 131 Å². The molecule has 0 amide bonds. The number of aliphatic hydroxyl groups is 1. The van der Waals surface area contributed by atoms with Crippen molar-refractivity contribution in [1.82, 2.24) is 0 Å². The van der Waals surface area contributed by atoms with Gasteiger partial charge in [-0.3, -0.25) is 4.79 Å². The predicted molar refractivity (Wildman–Crippen MR) is 208 cm³/mol. The maximum absolute atomic E-state index is 13.1. The van der Waals surface area contributed by atoms with E-state index >= 15 is 0 Å². The summed E-state index contributed by atoms with van der Waals surface area (Å²) in [6.45, 7) is 23.4. The number of hydrogen-bond donors (Lipinski definition) is 1.